The Bertz CT molecular complexity index is 1420. The van der Waals surface area contributed by atoms with Crippen LogP contribution in [-0.2, 0) is 0 Å². The molecule has 0 spiro atoms. The maximum atomic E-state index is 13.5. The van der Waals surface area contributed by atoms with Gasteiger partial charge >= 0.3 is 5.69 Å². The second-order valence-electron chi connectivity index (χ2n) is 6.24. The summed E-state index contributed by atoms with van der Waals surface area (Å²) in [5, 5.41) is 0. The van der Waals surface area contributed by atoms with Crippen LogP contribution in [0.2, 0.25) is 0 Å². The van der Waals surface area contributed by atoms with Gasteiger partial charge in [-0.15, -0.1) is 0 Å². The summed E-state index contributed by atoms with van der Waals surface area (Å²) in [7, 11) is 0. The number of para-hydroxylation sites is 2. The van der Waals surface area contributed by atoms with E-state index >= 15 is 0 Å². The van der Waals surface area contributed by atoms with Gasteiger partial charge in [-0.25, -0.2) is 23.7 Å². The zero-order valence-corrected chi connectivity index (χ0v) is 14.8. The van der Waals surface area contributed by atoms with Gasteiger partial charge in [-0.2, -0.15) is 4.98 Å². The minimum absolute atomic E-state index is 0.264. The first kappa shape index (κ1) is 16.1. The zero-order valence-electron chi connectivity index (χ0n) is 14.8. The number of nitrogens with zero attached hydrogens (tertiary/aromatic N) is 5. The predicted molar refractivity (Wildman–Crippen MR) is 108 cm³/mol. The molecule has 5 rings (SSSR count). The van der Waals surface area contributed by atoms with Crippen LogP contribution in [0.15, 0.2) is 101 Å². The largest absolute Gasteiger partial charge is 0.343 e. The fourth-order valence-electron chi connectivity index (χ4n) is 3.16. The van der Waals surface area contributed by atoms with E-state index in [2.05, 4.69) is 15.0 Å². The molecule has 2 heterocycles. The van der Waals surface area contributed by atoms with Gasteiger partial charge in [-0.3, -0.25) is 0 Å². The fourth-order valence-corrected chi connectivity index (χ4v) is 3.16. The lowest BCUT2D eigenvalue weighted by molar-refractivity contribution is 0.781. The molecular formula is C22H15N5O. The number of hydrogen-bond donors (Lipinski definition) is 0. The Morgan fingerprint density at radius 3 is 2.11 bits per heavy atom. The molecular weight excluding hydrogens is 350 g/mol. The van der Waals surface area contributed by atoms with Crippen molar-refractivity contribution in [2.75, 3.05) is 0 Å². The Hall–Kier alpha value is -4.06. The summed E-state index contributed by atoms with van der Waals surface area (Å²) < 4.78 is 3.03. The number of hydrogen-bond acceptors (Lipinski definition) is 4. The highest BCUT2D eigenvalue weighted by atomic mass is 16.1. The van der Waals surface area contributed by atoms with Crippen LogP contribution < -0.4 is 11.3 Å². The molecule has 0 unspecified atom stereocenters. The van der Waals surface area contributed by atoms with Crippen molar-refractivity contribution in [3.63, 3.8) is 0 Å². The highest BCUT2D eigenvalue weighted by Crippen LogP contribution is 2.13. The number of imidazole rings is 1. The van der Waals surface area contributed by atoms with Crippen molar-refractivity contribution in [2.45, 2.75) is 0 Å². The molecule has 2 aromatic heterocycles. The topological polar surface area (TPSA) is 64.5 Å². The van der Waals surface area contributed by atoms with E-state index in [0.717, 1.165) is 0 Å². The van der Waals surface area contributed by atoms with Crippen molar-refractivity contribution >= 4 is 22.5 Å². The Labute approximate surface area is 159 Å². The molecule has 0 aliphatic heterocycles. The molecule has 0 aliphatic carbocycles. The van der Waals surface area contributed by atoms with Gasteiger partial charge in [0.1, 0.15) is 0 Å². The summed E-state index contributed by atoms with van der Waals surface area (Å²) >= 11 is 0. The summed E-state index contributed by atoms with van der Waals surface area (Å²) in [6.45, 7) is 0. The molecule has 0 saturated carbocycles. The van der Waals surface area contributed by atoms with E-state index in [1.54, 1.807) is 0 Å². The SMILES string of the molecule is O=c1n(-c2ccccc2)c(=Nc2ccccc2)nc2nc3cccccc3n12. The number of rotatable bonds is 2. The van der Waals surface area contributed by atoms with Gasteiger partial charge in [-0.1, -0.05) is 54.6 Å². The summed E-state index contributed by atoms with van der Waals surface area (Å²) in [6, 6.07) is 28.2. The average Bonchev–Trinajstić information content (AvgIpc) is 2.91. The predicted octanol–water partition coefficient (Wildman–Crippen LogP) is 3.27. The van der Waals surface area contributed by atoms with Crippen molar-refractivity contribution in [1.82, 2.24) is 18.9 Å². The highest BCUT2D eigenvalue weighted by molar-refractivity contribution is 5.78. The highest BCUT2D eigenvalue weighted by Gasteiger charge is 2.13. The second-order valence-corrected chi connectivity index (χ2v) is 6.24. The van der Waals surface area contributed by atoms with Crippen LogP contribution in [0, 0.1) is 0 Å². The molecule has 0 radical (unpaired) electrons. The van der Waals surface area contributed by atoms with E-state index in [1.807, 2.05) is 91.0 Å². The van der Waals surface area contributed by atoms with Crippen LogP contribution in [0.3, 0.4) is 0 Å². The molecule has 0 fully saturated rings. The maximum absolute atomic E-state index is 13.5. The summed E-state index contributed by atoms with van der Waals surface area (Å²) in [6.07, 6.45) is 0. The number of benzene rings is 2. The van der Waals surface area contributed by atoms with E-state index in [4.69, 9.17) is 0 Å². The molecule has 0 atom stereocenters. The number of fused-ring (bicyclic) bond motifs is 3. The minimum Gasteiger partial charge on any atom is -0.247 e. The molecule has 28 heavy (non-hydrogen) atoms. The lowest BCUT2D eigenvalue weighted by Crippen LogP contribution is -2.38. The van der Waals surface area contributed by atoms with E-state index in [-0.39, 0.29) is 11.3 Å². The van der Waals surface area contributed by atoms with Crippen molar-refractivity contribution in [1.29, 1.82) is 0 Å². The molecule has 0 saturated heterocycles. The molecule has 0 aliphatic rings. The van der Waals surface area contributed by atoms with Crippen molar-refractivity contribution in [3.8, 4) is 5.69 Å². The van der Waals surface area contributed by atoms with Crippen LogP contribution in [0.25, 0.3) is 22.5 Å². The lowest BCUT2D eigenvalue weighted by Gasteiger charge is -2.07. The van der Waals surface area contributed by atoms with Crippen LogP contribution in [-0.4, -0.2) is 18.9 Å². The van der Waals surface area contributed by atoms with Gasteiger partial charge < -0.3 is 0 Å². The Kier molecular flexibility index (Phi) is 3.80. The third-order valence-corrected chi connectivity index (χ3v) is 4.44. The van der Waals surface area contributed by atoms with Crippen LogP contribution in [0.4, 0.5) is 5.69 Å². The first-order chi connectivity index (χ1) is 13.8. The van der Waals surface area contributed by atoms with Crippen molar-refractivity contribution in [3.05, 3.63) is 107 Å². The lowest BCUT2D eigenvalue weighted by atomic mass is 10.3. The van der Waals surface area contributed by atoms with Gasteiger partial charge in [0.2, 0.25) is 11.4 Å². The average molecular weight is 365 g/mol. The Balaban J connectivity index is 1.96. The molecule has 134 valence electrons. The Morgan fingerprint density at radius 1 is 0.714 bits per heavy atom. The van der Waals surface area contributed by atoms with E-state index in [1.165, 1.54) is 8.97 Å². The van der Waals surface area contributed by atoms with Gasteiger partial charge in [0.25, 0.3) is 0 Å². The maximum Gasteiger partial charge on any atom is 0.343 e. The Morgan fingerprint density at radius 2 is 1.36 bits per heavy atom. The molecule has 0 N–H and O–H groups in total. The first-order valence-electron chi connectivity index (χ1n) is 8.87. The zero-order chi connectivity index (χ0) is 18.9. The van der Waals surface area contributed by atoms with Gasteiger partial charge in [0, 0.05) is 0 Å². The molecule has 0 bridgehead atoms. The third-order valence-electron chi connectivity index (χ3n) is 4.44. The quantitative estimate of drug-likeness (QED) is 0.482. The van der Waals surface area contributed by atoms with Gasteiger partial charge in [0.15, 0.2) is 0 Å². The smallest absolute Gasteiger partial charge is 0.247 e. The first-order valence-corrected chi connectivity index (χ1v) is 8.87. The molecule has 3 aromatic carbocycles. The summed E-state index contributed by atoms with van der Waals surface area (Å²) in [5.41, 5.74) is 2.83. The third kappa shape index (κ3) is 2.68. The second kappa shape index (κ2) is 6.59. The summed E-state index contributed by atoms with van der Waals surface area (Å²) in [4.78, 5) is 27.3. The van der Waals surface area contributed by atoms with E-state index in [9.17, 15) is 4.79 Å². The van der Waals surface area contributed by atoms with Gasteiger partial charge in [-0.05, 0) is 36.4 Å². The van der Waals surface area contributed by atoms with Crippen LogP contribution in [0.5, 0.6) is 0 Å². The van der Waals surface area contributed by atoms with Crippen molar-refractivity contribution < 1.29 is 0 Å². The minimum atomic E-state index is -0.264. The van der Waals surface area contributed by atoms with E-state index < -0.39 is 0 Å². The summed E-state index contributed by atoms with van der Waals surface area (Å²) in [5.74, 6) is 0.327. The number of aromatic nitrogens is 4. The monoisotopic (exact) mass is 365 g/mol. The van der Waals surface area contributed by atoms with E-state index in [0.29, 0.717) is 28.2 Å². The molecule has 5 aromatic rings. The fraction of sp³-hybridized carbons (Fsp3) is 0. The molecule has 0 amide bonds. The molecule has 6 heteroatoms. The standard InChI is InChI=1S/C22H15N5O/c28-22-26(17-12-6-2-7-13-17)20(23-16-10-4-1-5-11-16)25-21-24-18-14-8-3-9-15-19(18)27(21)22/h1-15H. The normalized spacial score (nSPS) is 11.9. The van der Waals surface area contributed by atoms with Crippen LogP contribution in [0.1, 0.15) is 0 Å². The molecule has 6 nitrogen and oxygen atoms in total. The van der Waals surface area contributed by atoms with Crippen molar-refractivity contribution in [2.24, 2.45) is 4.99 Å². The van der Waals surface area contributed by atoms with Gasteiger partial charge in [0.05, 0.1) is 22.4 Å². The van der Waals surface area contributed by atoms with Crippen LogP contribution >= 0.6 is 0 Å².